The van der Waals surface area contributed by atoms with E-state index in [1.54, 1.807) is 30.3 Å². The van der Waals surface area contributed by atoms with E-state index in [0.29, 0.717) is 22.1 Å². The Labute approximate surface area is 307 Å². The monoisotopic (exact) mass is 878 g/mol. The first-order chi connectivity index (χ1) is 17.7. The van der Waals surface area contributed by atoms with Gasteiger partial charge < -0.3 is 57.9 Å². The molecule has 0 amide bonds. The molecule has 2 aromatic carbocycles. The minimum absolute atomic E-state index is 0. The summed E-state index contributed by atoms with van der Waals surface area (Å²) in [4.78, 5) is 75.5. The fourth-order valence-electron chi connectivity index (χ4n) is 3.16. The zero-order valence-corrected chi connectivity index (χ0v) is 32.3. The molecule has 0 atom stereocenters. The number of phosphoric acid groups is 2. The summed E-state index contributed by atoms with van der Waals surface area (Å²) >= 11 is 13.0. The van der Waals surface area contributed by atoms with Gasteiger partial charge in [0.05, 0.1) is 14.9 Å². The molecule has 0 unspecified atom stereocenters. The Morgan fingerprint density at radius 2 is 1.27 bits per heavy atom. The SMILES string of the molecule is O=C([O-])c1ccccc1-c1c2cc(Br)c(=O)c(Br)c-2oc2c(Br)c([O-])c(Br)cc12.O=P([O-])([O-])[O-].O=P([O-])([O-])[O-].[Na+].[Na+]. The summed E-state index contributed by atoms with van der Waals surface area (Å²) in [6.45, 7) is 0. The minimum Gasteiger partial charge on any atom is -0.871 e. The van der Waals surface area contributed by atoms with Gasteiger partial charge in [0.1, 0.15) is 10.1 Å². The van der Waals surface area contributed by atoms with Gasteiger partial charge in [-0.1, -0.05) is 45.9 Å². The van der Waals surface area contributed by atoms with Crippen LogP contribution in [-0.2, 0) is 9.13 Å². The quantitative estimate of drug-likeness (QED) is 0.103. The number of rotatable bonds is 2. The van der Waals surface area contributed by atoms with E-state index in [1.807, 2.05) is 0 Å². The van der Waals surface area contributed by atoms with Crippen LogP contribution in [0.3, 0.4) is 0 Å². The second-order valence-electron chi connectivity index (χ2n) is 6.96. The van der Waals surface area contributed by atoms with E-state index >= 15 is 0 Å². The van der Waals surface area contributed by atoms with Crippen LogP contribution in [0.1, 0.15) is 10.4 Å². The predicted octanol–water partition coefficient (Wildman–Crippen LogP) is -6.59. The summed E-state index contributed by atoms with van der Waals surface area (Å²) in [6, 6.07) is 9.50. The Morgan fingerprint density at radius 3 is 1.76 bits per heavy atom. The molecule has 0 fully saturated rings. The standard InChI is InChI=1S/C20H8Br4O5.2Na.2H3O4P/c21-11-5-9-13(7-3-1-2-4-8(7)20(27)28)10-6-12(22)17(26)15(24)19(10)29-18(9)14(23)16(11)25;;;2*1-5(2,3)4/h1-6,25H,(H,27,28);;;2*(H3,1,2,3,4)/q;2*+1;;/p-8. The number of carboxylic acid groups (broad SMARTS) is 1. The van der Waals surface area contributed by atoms with Crippen molar-refractivity contribution in [3.05, 3.63) is 70.1 Å². The number of carboxylic acids is 1. The van der Waals surface area contributed by atoms with Crippen molar-refractivity contribution in [1.82, 2.24) is 0 Å². The Kier molecular flexibility index (Phi) is 17.0. The molecule has 41 heavy (non-hydrogen) atoms. The van der Waals surface area contributed by atoms with Crippen LogP contribution in [0.15, 0.2) is 63.5 Å². The summed E-state index contributed by atoms with van der Waals surface area (Å²) in [7, 11) is -10.8. The van der Waals surface area contributed by atoms with Crippen LogP contribution in [0, 0.1) is 0 Å². The molecule has 1 aliphatic heterocycles. The van der Waals surface area contributed by atoms with Gasteiger partial charge in [0.2, 0.25) is 5.43 Å². The molecule has 0 saturated heterocycles. The van der Waals surface area contributed by atoms with Gasteiger partial charge in [0, 0.05) is 26.5 Å². The first kappa shape index (κ1) is 41.5. The summed E-state index contributed by atoms with van der Waals surface area (Å²) < 4.78 is 23.9. The van der Waals surface area contributed by atoms with Crippen LogP contribution in [0.4, 0.5) is 0 Å². The molecule has 4 rings (SSSR count). The Hall–Kier alpha value is 0.540. The van der Waals surface area contributed by atoms with Gasteiger partial charge in [0.15, 0.2) is 5.76 Å². The molecule has 13 nitrogen and oxygen atoms in total. The number of carbonyl (C=O) groups excluding carboxylic acids is 1. The van der Waals surface area contributed by atoms with Crippen LogP contribution >= 0.6 is 79.4 Å². The Balaban J connectivity index is 0.00000116. The molecule has 0 aromatic heterocycles. The third kappa shape index (κ3) is 11.8. The topological polar surface area (TPSA) is 266 Å². The molecule has 0 spiro atoms. The van der Waals surface area contributed by atoms with E-state index in [4.69, 9.17) is 42.9 Å². The van der Waals surface area contributed by atoms with Crippen molar-refractivity contribution in [3.63, 3.8) is 0 Å². The van der Waals surface area contributed by atoms with Gasteiger partial charge in [-0.25, -0.2) is 0 Å². The number of hydrogen-bond donors (Lipinski definition) is 0. The first-order valence-corrected chi connectivity index (χ1v) is 15.5. The van der Waals surface area contributed by atoms with E-state index in [1.165, 1.54) is 6.07 Å². The van der Waals surface area contributed by atoms with Crippen LogP contribution in [-0.4, -0.2) is 5.97 Å². The maximum Gasteiger partial charge on any atom is 1.00 e. The van der Waals surface area contributed by atoms with Crippen molar-refractivity contribution in [2.45, 2.75) is 0 Å². The van der Waals surface area contributed by atoms with Gasteiger partial charge in [-0.2, -0.15) is 15.6 Å². The molecule has 1 aliphatic carbocycles. The molecular weight excluding hydrogens is 876 g/mol. The van der Waals surface area contributed by atoms with Gasteiger partial charge >= 0.3 is 59.1 Å². The van der Waals surface area contributed by atoms with Gasteiger partial charge in [0.25, 0.3) is 0 Å². The largest absolute Gasteiger partial charge is 1.00 e. The molecule has 2 aliphatic rings. The van der Waals surface area contributed by atoms with E-state index in [0.717, 1.165) is 0 Å². The summed E-state index contributed by atoms with van der Waals surface area (Å²) in [5.41, 5.74) is 1.17. The van der Waals surface area contributed by atoms with Gasteiger partial charge in [-0.3, -0.25) is 4.79 Å². The number of halogens is 4. The smallest absolute Gasteiger partial charge is 0.871 e. The van der Waals surface area contributed by atoms with Crippen molar-refractivity contribution in [1.29, 1.82) is 0 Å². The van der Waals surface area contributed by atoms with Crippen molar-refractivity contribution < 1.29 is 117 Å². The average Bonchev–Trinajstić information content (AvgIpc) is 2.78. The molecule has 0 radical (unpaired) electrons. The van der Waals surface area contributed by atoms with Gasteiger partial charge in [-0.15, -0.1) is 0 Å². The Bertz CT molecular complexity index is 1670. The summed E-state index contributed by atoms with van der Waals surface area (Å²) in [5.74, 6) is -1.49. The zero-order valence-electron chi connectivity index (χ0n) is 20.2. The van der Waals surface area contributed by atoms with E-state index < -0.39 is 21.6 Å². The van der Waals surface area contributed by atoms with Gasteiger partial charge in [-0.05, 0) is 65.5 Å². The predicted molar refractivity (Wildman–Crippen MR) is 134 cm³/mol. The second-order valence-corrected chi connectivity index (χ2v) is 12.0. The molecule has 2 aromatic rings. The molecule has 21 heteroatoms. The van der Waals surface area contributed by atoms with Crippen molar-refractivity contribution in [2.24, 2.45) is 0 Å². The molecular formula is C20H6Br4Na2O13P2-6. The average molecular weight is 882 g/mol. The maximum atomic E-state index is 12.4. The third-order valence-corrected chi connectivity index (χ3v) is 7.04. The second kappa shape index (κ2) is 16.7. The van der Waals surface area contributed by atoms with Crippen molar-refractivity contribution in [3.8, 4) is 28.2 Å². The number of aromatic carboxylic acids is 1. The Morgan fingerprint density at radius 1 is 0.780 bits per heavy atom. The van der Waals surface area contributed by atoms with Crippen LogP contribution in [0.2, 0.25) is 0 Å². The summed E-state index contributed by atoms with van der Waals surface area (Å²) in [5, 5.41) is 24.7. The van der Waals surface area contributed by atoms with E-state index in [-0.39, 0.29) is 105 Å². The minimum atomic E-state index is -5.39. The summed E-state index contributed by atoms with van der Waals surface area (Å²) in [6.07, 6.45) is 0. The number of fused-ring (bicyclic) bond motifs is 2. The van der Waals surface area contributed by atoms with Crippen LogP contribution in [0.5, 0.6) is 5.75 Å². The molecule has 0 saturated carbocycles. The number of carbonyl (C=O) groups is 1. The fourth-order valence-corrected chi connectivity index (χ4v) is 5.56. The van der Waals surface area contributed by atoms with Crippen molar-refractivity contribution >= 4 is 96.3 Å². The van der Waals surface area contributed by atoms with E-state index in [9.17, 15) is 19.8 Å². The van der Waals surface area contributed by atoms with Crippen molar-refractivity contribution in [2.75, 3.05) is 0 Å². The van der Waals surface area contributed by atoms with Crippen LogP contribution in [0.25, 0.3) is 33.4 Å². The normalized spacial score (nSPS) is 10.9. The molecule has 0 bridgehead atoms. The zero-order chi connectivity index (χ0) is 30.0. The molecule has 0 N–H and O–H groups in total. The number of hydrogen-bond acceptors (Lipinski definition) is 13. The number of benzene rings is 3. The molecule has 210 valence electrons. The van der Waals surface area contributed by atoms with E-state index in [2.05, 4.69) is 63.7 Å². The molecule has 1 heterocycles. The fraction of sp³-hybridized carbons (Fsp3) is 0. The maximum absolute atomic E-state index is 12.4. The third-order valence-electron chi connectivity index (χ3n) is 4.42. The van der Waals surface area contributed by atoms with Crippen LogP contribution < -0.4 is 104 Å². The first-order valence-electron chi connectivity index (χ1n) is 9.42.